The Bertz CT molecular complexity index is 387. The summed E-state index contributed by atoms with van der Waals surface area (Å²) < 4.78 is 16.4. The minimum Gasteiger partial charge on any atom is -0.486 e. The predicted molar refractivity (Wildman–Crippen MR) is 75.0 cm³/mol. The Morgan fingerprint density at radius 3 is 2.79 bits per heavy atom. The summed E-state index contributed by atoms with van der Waals surface area (Å²) in [5.41, 5.74) is 1.23. The fourth-order valence-electron chi connectivity index (χ4n) is 2.22. The van der Waals surface area contributed by atoms with Gasteiger partial charge in [0.15, 0.2) is 11.5 Å². The van der Waals surface area contributed by atoms with Crippen molar-refractivity contribution >= 4 is 0 Å². The molecule has 1 N–H and O–H groups in total. The van der Waals surface area contributed by atoms with Crippen LogP contribution in [0.15, 0.2) is 18.2 Å². The summed E-state index contributed by atoms with van der Waals surface area (Å²) >= 11 is 0. The number of hydrogen-bond acceptors (Lipinski definition) is 4. The molecule has 0 radical (unpaired) electrons. The standard InChI is InChI=1S/C15H23NO3/c1-3-7-16-13(6-8-17-2)12-4-5-14-15(11-12)19-10-9-18-14/h4-5,11,13,16H,3,6-10H2,1-2H3. The Labute approximate surface area is 115 Å². The topological polar surface area (TPSA) is 39.7 Å². The van der Waals surface area contributed by atoms with Crippen molar-refractivity contribution in [1.82, 2.24) is 5.32 Å². The van der Waals surface area contributed by atoms with E-state index in [1.807, 2.05) is 6.07 Å². The lowest BCUT2D eigenvalue weighted by Gasteiger charge is -2.23. The highest BCUT2D eigenvalue weighted by Gasteiger charge is 2.16. The van der Waals surface area contributed by atoms with Crippen LogP contribution in [0.25, 0.3) is 0 Å². The molecule has 1 aliphatic heterocycles. The van der Waals surface area contributed by atoms with E-state index in [0.29, 0.717) is 19.3 Å². The number of rotatable bonds is 7. The van der Waals surface area contributed by atoms with E-state index in [9.17, 15) is 0 Å². The van der Waals surface area contributed by atoms with Crippen molar-refractivity contribution in [2.24, 2.45) is 0 Å². The van der Waals surface area contributed by atoms with Crippen molar-refractivity contribution < 1.29 is 14.2 Å². The van der Waals surface area contributed by atoms with Crippen molar-refractivity contribution in [3.8, 4) is 11.5 Å². The van der Waals surface area contributed by atoms with E-state index in [1.54, 1.807) is 7.11 Å². The van der Waals surface area contributed by atoms with Crippen molar-refractivity contribution in [3.63, 3.8) is 0 Å². The molecule has 1 unspecified atom stereocenters. The molecule has 1 aromatic carbocycles. The zero-order valence-electron chi connectivity index (χ0n) is 11.8. The van der Waals surface area contributed by atoms with Crippen LogP contribution in [0.3, 0.4) is 0 Å². The molecule has 4 nitrogen and oxygen atoms in total. The summed E-state index contributed by atoms with van der Waals surface area (Å²) in [5, 5.41) is 3.55. The second kappa shape index (κ2) is 7.36. The molecule has 0 saturated heterocycles. The van der Waals surface area contributed by atoms with E-state index in [1.165, 1.54) is 5.56 Å². The minimum atomic E-state index is 0.302. The molecular formula is C15H23NO3. The summed E-state index contributed by atoms with van der Waals surface area (Å²) in [5.74, 6) is 1.69. The monoisotopic (exact) mass is 265 g/mol. The molecule has 0 spiro atoms. The number of benzene rings is 1. The summed E-state index contributed by atoms with van der Waals surface area (Å²) in [6.45, 7) is 5.18. The highest BCUT2D eigenvalue weighted by molar-refractivity contribution is 5.44. The quantitative estimate of drug-likeness (QED) is 0.822. The average Bonchev–Trinajstić information content (AvgIpc) is 2.47. The van der Waals surface area contributed by atoms with Gasteiger partial charge in [-0.1, -0.05) is 13.0 Å². The van der Waals surface area contributed by atoms with Gasteiger partial charge in [0, 0.05) is 19.8 Å². The van der Waals surface area contributed by atoms with Gasteiger partial charge in [0.2, 0.25) is 0 Å². The molecule has 0 aliphatic carbocycles. The Balaban J connectivity index is 2.10. The number of ether oxygens (including phenoxy) is 3. The molecule has 2 rings (SSSR count). The van der Waals surface area contributed by atoms with Gasteiger partial charge in [0.1, 0.15) is 13.2 Å². The molecule has 106 valence electrons. The third kappa shape index (κ3) is 3.85. The normalized spacial score (nSPS) is 15.3. The van der Waals surface area contributed by atoms with E-state index in [0.717, 1.165) is 37.5 Å². The van der Waals surface area contributed by atoms with Gasteiger partial charge in [-0.25, -0.2) is 0 Å². The van der Waals surface area contributed by atoms with Gasteiger partial charge in [-0.2, -0.15) is 0 Å². The lowest BCUT2D eigenvalue weighted by atomic mass is 10.0. The van der Waals surface area contributed by atoms with Crippen LogP contribution in [0, 0.1) is 0 Å². The van der Waals surface area contributed by atoms with E-state index in [2.05, 4.69) is 24.4 Å². The number of methoxy groups -OCH3 is 1. The van der Waals surface area contributed by atoms with Crippen molar-refractivity contribution in [1.29, 1.82) is 0 Å². The van der Waals surface area contributed by atoms with Crippen LogP contribution in [-0.2, 0) is 4.74 Å². The third-order valence-corrected chi connectivity index (χ3v) is 3.22. The molecule has 0 amide bonds. The summed E-state index contributed by atoms with van der Waals surface area (Å²) in [6.07, 6.45) is 2.07. The van der Waals surface area contributed by atoms with Gasteiger partial charge in [-0.15, -0.1) is 0 Å². The first-order chi connectivity index (χ1) is 9.35. The molecule has 0 saturated carbocycles. The maximum Gasteiger partial charge on any atom is 0.161 e. The third-order valence-electron chi connectivity index (χ3n) is 3.22. The molecular weight excluding hydrogens is 242 g/mol. The SMILES string of the molecule is CCCNC(CCOC)c1ccc2c(c1)OCCO2. The molecule has 0 aromatic heterocycles. The first-order valence-corrected chi connectivity index (χ1v) is 6.97. The van der Waals surface area contributed by atoms with Gasteiger partial charge in [-0.05, 0) is 37.1 Å². The summed E-state index contributed by atoms with van der Waals surface area (Å²) in [4.78, 5) is 0. The molecule has 1 atom stereocenters. The predicted octanol–water partition coefficient (Wildman–Crippen LogP) is 2.54. The average molecular weight is 265 g/mol. The van der Waals surface area contributed by atoms with Gasteiger partial charge in [0.05, 0.1) is 0 Å². The number of fused-ring (bicyclic) bond motifs is 1. The smallest absolute Gasteiger partial charge is 0.161 e. The molecule has 4 heteroatoms. The van der Waals surface area contributed by atoms with Crippen LogP contribution >= 0.6 is 0 Å². The summed E-state index contributed by atoms with van der Waals surface area (Å²) in [7, 11) is 1.74. The van der Waals surface area contributed by atoms with Crippen LogP contribution in [0.2, 0.25) is 0 Å². The molecule has 0 bridgehead atoms. The molecule has 1 aromatic rings. The molecule has 1 aliphatic rings. The Kier molecular flexibility index (Phi) is 5.48. The Morgan fingerprint density at radius 2 is 2.05 bits per heavy atom. The highest BCUT2D eigenvalue weighted by atomic mass is 16.6. The zero-order valence-corrected chi connectivity index (χ0v) is 11.8. The largest absolute Gasteiger partial charge is 0.486 e. The van der Waals surface area contributed by atoms with Gasteiger partial charge in [0.25, 0.3) is 0 Å². The van der Waals surface area contributed by atoms with E-state index >= 15 is 0 Å². The second-order valence-corrected chi connectivity index (χ2v) is 4.69. The van der Waals surface area contributed by atoms with Crippen LogP contribution < -0.4 is 14.8 Å². The van der Waals surface area contributed by atoms with Gasteiger partial charge < -0.3 is 19.5 Å². The minimum absolute atomic E-state index is 0.302. The van der Waals surface area contributed by atoms with Gasteiger partial charge in [-0.3, -0.25) is 0 Å². The maximum atomic E-state index is 5.64. The Hall–Kier alpha value is -1.26. The first kappa shape index (κ1) is 14.2. The van der Waals surface area contributed by atoms with Crippen molar-refractivity contribution in [3.05, 3.63) is 23.8 Å². The van der Waals surface area contributed by atoms with Crippen molar-refractivity contribution in [2.45, 2.75) is 25.8 Å². The highest BCUT2D eigenvalue weighted by Crippen LogP contribution is 2.33. The fraction of sp³-hybridized carbons (Fsp3) is 0.600. The van der Waals surface area contributed by atoms with Crippen LogP contribution in [0.5, 0.6) is 11.5 Å². The number of hydrogen-bond donors (Lipinski definition) is 1. The first-order valence-electron chi connectivity index (χ1n) is 6.97. The zero-order chi connectivity index (χ0) is 13.5. The Morgan fingerprint density at radius 1 is 1.26 bits per heavy atom. The molecule has 1 heterocycles. The lowest BCUT2D eigenvalue weighted by molar-refractivity contribution is 0.170. The molecule has 0 fully saturated rings. The van der Waals surface area contributed by atoms with E-state index in [-0.39, 0.29) is 0 Å². The fourth-order valence-corrected chi connectivity index (χ4v) is 2.22. The van der Waals surface area contributed by atoms with Gasteiger partial charge >= 0.3 is 0 Å². The lowest BCUT2D eigenvalue weighted by Crippen LogP contribution is -2.24. The van der Waals surface area contributed by atoms with E-state index in [4.69, 9.17) is 14.2 Å². The molecule has 19 heavy (non-hydrogen) atoms. The van der Waals surface area contributed by atoms with E-state index < -0.39 is 0 Å². The summed E-state index contributed by atoms with van der Waals surface area (Å²) in [6, 6.07) is 6.49. The number of nitrogens with one attached hydrogen (secondary N) is 1. The van der Waals surface area contributed by atoms with Crippen LogP contribution in [0.4, 0.5) is 0 Å². The second-order valence-electron chi connectivity index (χ2n) is 4.69. The van der Waals surface area contributed by atoms with Crippen molar-refractivity contribution in [2.75, 3.05) is 33.5 Å². The maximum absolute atomic E-state index is 5.64. The van der Waals surface area contributed by atoms with Crippen LogP contribution in [-0.4, -0.2) is 33.5 Å². The van der Waals surface area contributed by atoms with Crippen LogP contribution in [0.1, 0.15) is 31.4 Å².